The molecule has 0 saturated heterocycles. The number of pyridine rings is 1. The molecule has 3 heterocycles. The molecule has 1 amide bonds. The third-order valence-corrected chi connectivity index (χ3v) is 4.24. The van der Waals surface area contributed by atoms with Gasteiger partial charge in [0, 0.05) is 31.1 Å². The van der Waals surface area contributed by atoms with Gasteiger partial charge in [0.15, 0.2) is 0 Å². The van der Waals surface area contributed by atoms with E-state index in [1.54, 1.807) is 18.5 Å². The van der Waals surface area contributed by atoms with Crippen LogP contribution < -0.4 is 5.43 Å². The number of carbonyl (C=O) groups excluding carboxylic acids is 1. The van der Waals surface area contributed by atoms with Gasteiger partial charge in [0.1, 0.15) is 5.82 Å². The minimum absolute atomic E-state index is 0.0137. The molecule has 0 bridgehead atoms. The molecule has 0 aliphatic carbocycles. The van der Waals surface area contributed by atoms with E-state index < -0.39 is 0 Å². The number of carbonyl (C=O) groups is 1. The van der Waals surface area contributed by atoms with Gasteiger partial charge < -0.3 is 4.98 Å². The van der Waals surface area contributed by atoms with Crippen LogP contribution in [-0.4, -0.2) is 32.9 Å². The second-order valence-corrected chi connectivity index (χ2v) is 5.98. The number of nitrogens with zero attached hydrogens (tertiary/aromatic N) is 3. The second kappa shape index (κ2) is 5.58. The molecule has 1 unspecified atom stereocenters. The molecule has 6 heteroatoms. The lowest BCUT2D eigenvalue weighted by molar-refractivity contribution is -0.122. The number of likely N-dealkylation sites (N-methyl/N-ethyl adjacent to an activating group) is 1. The van der Waals surface area contributed by atoms with Gasteiger partial charge in [0.25, 0.3) is 5.91 Å². The monoisotopic (exact) mass is 319 g/mol. The molecular formula is C18H17N5O. The van der Waals surface area contributed by atoms with Crippen molar-refractivity contribution in [3.05, 3.63) is 59.9 Å². The molecule has 4 rings (SSSR count). The zero-order chi connectivity index (χ0) is 16.7. The molecule has 24 heavy (non-hydrogen) atoms. The lowest BCUT2D eigenvalue weighted by Gasteiger charge is -2.32. The molecule has 0 fully saturated rings. The van der Waals surface area contributed by atoms with Crippen molar-refractivity contribution >= 4 is 16.9 Å². The van der Waals surface area contributed by atoms with Crippen LogP contribution in [0.2, 0.25) is 0 Å². The van der Waals surface area contributed by atoms with E-state index in [4.69, 9.17) is 0 Å². The number of rotatable bonds is 2. The summed E-state index contributed by atoms with van der Waals surface area (Å²) in [5, 5.41) is 1.83. The minimum Gasteiger partial charge on any atom is -0.338 e. The van der Waals surface area contributed by atoms with E-state index >= 15 is 0 Å². The predicted molar refractivity (Wildman–Crippen MR) is 91.7 cm³/mol. The SMILES string of the molecule is CC1=CC(=O)NN(C)C1c1ccc2nc(-c3ccncc3)[nH]c2c1. The summed E-state index contributed by atoms with van der Waals surface area (Å²) in [6.45, 7) is 1.97. The lowest BCUT2D eigenvalue weighted by Crippen LogP contribution is -2.44. The van der Waals surface area contributed by atoms with E-state index in [-0.39, 0.29) is 11.9 Å². The molecule has 6 nitrogen and oxygen atoms in total. The average Bonchev–Trinajstić information content (AvgIpc) is 2.98. The summed E-state index contributed by atoms with van der Waals surface area (Å²) in [7, 11) is 1.87. The van der Waals surface area contributed by atoms with Gasteiger partial charge in [-0.25, -0.2) is 9.99 Å². The highest BCUT2D eigenvalue weighted by molar-refractivity contribution is 5.89. The first-order chi connectivity index (χ1) is 11.6. The highest BCUT2D eigenvalue weighted by Crippen LogP contribution is 2.30. The van der Waals surface area contributed by atoms with Crippen LogP contribution in [0.15, 0.2) is 54.4 Å². The Morgan fingerprint density at radius 3 is 2.71 bits per heavy atom. The minimum atomic E-state index is -0.0890. The number of fused-ring (bicyclic) bond motifs is 1. The number of aromatic amines is 1. The molecule has 0 spiro atoms. The van der Waals surface area contributed by atoms with Gasteiger partial charge in [-0.3, -0.25) is 15.2 Å². The number of amides is 1. The van der Waals surface area contributed by atoms with Crippen molar-refractivity contribution in [2.24, 2.45) is 0 Å². The number of nitrogens with one attached hydrogen (secondary N) is 2. The average molecular weight is 319 g/mol. The maximum Gasteiger partial charge on any atom is 0.258 e. The van der Waals surface area contributed by atoms with Crippen molar-refractivity contribution in [1.82, 2.24) is 25.4 Å². The van der Waals surface area contributed by atoms with Crippen LogP contribution in [0.3, 0.4) is 0 Å². The van der Waals surface area contributed by atoms with Gasteiger partial charge >= 0.3 is 0 Å². The number of imidazole rings is 1. The molecule has 1 aliphatic heterocycles. The van der Waals surface area contributed by atoms with Crippen LogP contribution in [0.4, 0.5) is 0 Å². The van der Waals surface area contributed by atoms with Gasteiger partial charge in [-0.1, -0.05) is 6.07 Å². The van der Waals surface area contributed by atoms with Crippen LogP contribution in [0.25, 0.3) is 22.4 Å². The van der Waals surface area contributed by atoms with Gasteiger partial charge in [0.2, 0.25) is 0 Å². The number of hydrogen-bond donors (Lipinski definition) is 2. The van der Waals surface area contributed by atoms with Crippen LogP contribution in [0, 0.1) is 0 Å². The van der Waals surface area contributed by atoms with Gasteiger partial charge in [-0.15, -0.1) is 0 Å². The van der Waals surface area contributed by atoms with Crippen LogP contribution in [-0.2, 0) is 4.79 Å². The number of hydrazine groups is 1. The van der Waals surface area contributed by atoms with Gasteiger partial charge in [-0.05, 0) is 42.3 Å². The Bertz CT molecular complexity index is 944. The maximum atomic E-state index is 11.6. The molecule has 1 aliphatic rings. The first-order valence-electron chi connectivity index (χ1n) is 7.73. The molecule has 0 radical (unpaired) electrons. The van der Waals surface area contributed by atoms with E-state index in [1.165, 1.54) is 0 Å². The summed E-state index contributed by atoms with van der Waals surface area (Å²) in [5.41, 5.74) is 7.81. The van der Waals surface area contributed by atoms with Crippen molar-refractivity contribution in [2.45, 2.75) is 13.0 Å². The summed E-state index contributed by atoms with van der Waals surface area (Å²) >= 11 is 0. The maximum absolute atomic E-state index is 11.6. The number of aromatic nitrogens is 3. The fourth-order valence-corrected chi connectivity index (χ4v) is 3.19. The normalized spacial score (nSPS) is 18.5. The van der Waals surface area contributed by atoms with Gasteiger partial charge in [0.05, 0.1) is 17.1 Å². The largest absolute Gasteiger partial charge is 0.338 e. The molecule has 120 valence electrons. The third-order valence-electron chi connectivity index (χ3n) is 4.24. The van der Waals surface area contributed by atoms with E-state index in [0.29, 0.717) is 0 Å². The topological polar surface area (TPSA) is 73.9 Å². The van der Waals surface area contributed by atoms with Crippen molar-refractivity contribution < 1.29 is 4.79 Å². The highest BCUT2D eigenvalue weighted by Gasteiger charge is 2.25. The molecule has 2 N–H and O–H groups in total. The Morgan fingerprint density at radius 1 is 1.17 bits per heavy atom. The summed E-state index contributed by atoms with van der Waals surface area (Å²) in [4.78, 5) is 23.6. The van der Waals surface area contributed by atoms with Crippen LogP contribution >= 0.6 is 0 Å². The Balaban J connectivity index is 1.76. The molecule has 1 aromatic carbocycles. The number of benzene rings is 1. The zero-order valence-electron chi connectivity index (χ0n) is 13.4. The number of hydrogen-bond acceptors (Lipinski definition) is 4. The smallest absolute Gasteiger partial charge is 0.258 e. The summed E-state index contributed by atoms with van der Waals surface area (Å²) in [6, 6.07) is 10.0. The van der Waals surface area contributed by atoms with Crippen LogP contribution in [0.5, 0.6) is 0 Å². The molecular weight excluding hydrogens is 302 g/mol. The Kier molecular flexibility index (Phi) is 3.39. The first kappa shape index (κ1) is 14.6. The van der Waals surface area contributed by atoms with E-state index in [0.717, 1.165) is 33.6 Å². The van der Waals surface area contributed by atoms with Crippen molar-refractivity contribution in [1.29, 1.82) is 0 Å². The number of H-pyrrole nitrogens is 1. The first-order valence-corrected chi connectivity index (χ1v) is 7.73. The molecule has 0 saturated carbocycles. The standard InChI is InChI=1S/C18H17N5O/c1-11-9-16(24)22-23(2)17(11)13-3-4-14-15(10-13)21-18(20-14)12-5-7-19-8-6-12/h3-10,17H,1-2H3,(H,20,21)(H,22,24). The van der Waals surface area contributed by atoms with Crippen molar-refractivity contribution in [3.8, 4) is 11.4 Å². The van der Waals surface area contributed by atoms with E-state index in [9.17, 15) is 4.79 Å². The Morgan fingerprint density at radius 2 is 1.96 bits per heavy atom. The molecule has 2 aromatic heterocycles. The van der Waals surface area contributed by atoms with E-state index in [2.05, 4.69) is 32.5 Å². The van der Waals surface area contributed by atoms with Gasteiger partial charge in [-0.2, -0.15) is 0 Å². The quantitative estimate of drug-likeness (QED) is 0.761. The fraction of sp³-hybridized carbons (Fsp3) is 0.167. The Hall–Kier alpha value is -2.99. The summed E-state index contributed by atoms with van der Waals surface area (Å²) in [6.07, 6.45) is 5.15. The summed E-state index contributed by atoms with van der Waals surface area (Å²) in [5.74, 6) is 0.732. The zero-order valence-corrected chi connectivity index (χ0v) is 13.4. The third kappa shape index (κ3) is 2.47. The highest BCUT2D eigenvalue weighted by atomic mass is 16.2. The molecule has 3 aromatic rings. The second-order valence-electron chi connectivity index (χ2n) is 5.98. The Labute approximate surface area is 139 Å². The molecule has 1 atom stereocenters. The lowest BCUT2D eigenvalue weighted by atomic mass is 9.97. The fourth-order valence-electron chi connectivity index (χ4n) is 3.19. The van der Waals surface area contributed by atoms with Crippen molar-refractivity contribution in [3.63, 3.8) is 0 Å². The predicted octanol–water partition coefficient (Wildman–Crippen LogP) is 2.59. The summed E-state index contributed by atoms with van der Waals surface area (Å²) < 4.78 is 0. The van der Waals surface area contributed by atoms with Crippen molar-refractivity contribution in [2.75, 3.05) is 7.05 Å². The van der Waals surface area contributed by atoms with E-state index in [1.807, 2.05) is 37.2 Å². The van der Waals surface area contributed by atoms with Crippen LogP contribution in [0.1, 0.15) is 18.5 Å².